The standard InChI is InChI=1S/C78H52S2/c1-77(2)65-42-51(35-37-61(65)75-73(77)63-30-15-16-31-67(63)79-75)71-57-26-11-7-22-53(57)69(54-23-8-12-27-58(54)71)49-21-17-20-47(41-49)48-34-39-64-68(44-48)80-76-62-38-36-52(43-66(62)78(3,4)74(64)76)72-59-28-13-9-24-55(59)70(56-25-10-14-29-60(56)72)50-33-32-45-18-5-6-19-46(45)40-50/h5-44H,1-4H3. The topological polar surface area (TPSA) is 0 Å². The predicted molar refractivity (Wildman–Crippen MR) is 347 cm³/mol. The van der Waals surface area contributed by atoms with Crippen LogP contribution in [0.3, 0.4) is 0 Å². The van der Waals surface area contributed by atoms with E-state index in [2.05, 4.69) is 270 Å². The Hall–Kier alpha value is -8.92. The first kappa shape index (κ1) is 46.0. The van der Waals surface area contributed by atoms with Crippen LogP contribution in [0.15, 0.2) is 243 Å². The summed E-state index contributed by atoms with van der Waals surface area (Å²) in [6.45, 7) is 9.72. The van der Waals surface area contributed by atoms with E-state index >= 15 is 0 Å². The van der Waals surface area contributed by atoms with Crippen molar-refractivity contribution in [2.75, 3.05) is 0 Å². The summed E-state index contributed by atoms with van der Waals surface area (Å²) in [6.07, 6.45) is 0. The van der Waals surface area contributed by atoms with Gasteiger partial charge in [-0.2, -0.15) is 0 Å². The first-order valence-corrected chi connectivity index (χ1v) is 29.7. The van der Waals surface area contributed by atoms with Gasteiger partial charge in [-0.25, -0.2) is 0 Å². The minimum atomic E-state index is -0.191. The second-order valence-corrected chi connectivity index (χ2v) is 25.5. The lowest BCUT2D eigenvalue weighted by atomic mass is 9.79. The molecule has 0 unspecified atom stereocenters. The van der Waals surface area contributed by atoms with Gasteiger partial charge in [0.15, 0.2) is 0 Å². The van der Waals surface area contributed by atoms with E-state index in [4.69, 9.17) is 0 Å². The molecular weight excluding hydrogens is 1000 g/mol. The zero-order chi connectivity index (χ0) is 53.2. The van der Waals surface area contributed by atoms with Gasteiger partial charge in [0.05, 0.1) is 0 Å². The van der Waals surface area contributed by atoms with E-state index in [1.54, 1.807) is 0 Å². The second kappa shape index (κ2) is 16.8. The van der Waals surface area contributed by atoms with Gasteiger partial charge in [-0.1, -0.05) is 234 Å². The Balaban J connectivity index is 0.752. The Morgan fingerprint density at radius 2 is 0.613 bits per heavy atom. The van der Waals surface area contributed by atoms with Gasteiger partial charge in [-0.15, -0.1) is 22.7 Å². The summed E-state index contributed by atoms with van der Waals surface area (Å²) < 4.78 is 2.71. The van der Waals surface area contributed by atoms with Crippen molar-refractivity contribution in [1.82, 2.24) is 0 Å². The Bertz CT molecular complexity index is 5080. The van der Waals surface area contributed by atoms with Gasteiger partial charge in [-0.3, -0.25) is 0 Å². The molecule has 0 bridgehead atoms. The monoisotopic (exact) mass is 1050 g/mol. The van der Waals surface area contributed by atoms with E-state index in [1.807, 2.05) is 22.7 Å². The highest BCUT2D eigenvalue weighted by atomic mass is 32.1. The maximum absolute atomic E-state index is 2.52. The van der Waals surface area contributed by atoms with Crippen molar-refractivity contribution in [3.05, 3.63) is 265 Å². The fourth-order valence-corrected chi connectivity index (χ4v) is 17.6. The summed E-state index contributed by atoms with van der Waals surface area (Å²) in [7, 11) is 0. The maximum atomic E-state index is 2.52. The molecule has 0 spiro atoms. The molecule has 2 heteroatoms. The zero-order valence-electron chi connectivity index (χ0n) is 44.9. The first-order chi connectivity index (χ1) is 39.2. The van der Waals surface area contributed by atoms with E-state index < -0.39 is 0 Å². The molecule has 0 amide bonds. The van der Waals surface area contributed by atoms with Gasteiger partial charge >= 0.3 is 0 Å². The van der Waals surface area contributed by atoms with Gasteiger partial charge in [0.2, 0.25) is 0 Å². The number of fused-ring (bicyclic) bond motifs is 15. The molecule has 2 aliphatic rings. The van der Waals surface area contributed by atoms with Gasteiger partial charge in [0, 0.05) is 30.0 Å². The fourth-order valence-electron chi connectivity index (χ4n) is 14.7. The van der Waals surface area contributed by atoms with Crippen molar-refractivity contribution in [2.45, 2.75) is 38.5 Å². The third-order valence-corrected chi connectivity index (χ3v) is 20.8. The molecule has 80 heavy (non-hydrogen) atoms. The van der Waals surface area contributed by atoms with Crippen molar-refractivity contribution in [1.29, 1.82) is 0 Å². The van der Waals surface area contributed by atoms with Crippen LogP contribution in [0.5, 0.6) is 0 Å². The molecule has 17 rings (SSSR count). The lowest BCUT2D eigenvalue weighted by Crippen LogP contribution is -2.15. The Labute approximate surface area is 473 Å². The smallest absolute Gasteiger partial charge is 0.0399 e. The van der Waals surface area contributed by atoms with Crippen molar-refractivity contribution < 1.29 is 0 Å². The first-order valence-electron chi connectivity index (χ1n) is 28.1. The van der Waals surface area contributed by atoms with Crippen LogP contribution in [-0.2, 0) is 10.8 Å². The molecule has 13 aromatic carbocycles. The van der Waals surface area contributed by atoms with Crippen molar-refractivity contribution >= 4 is 96.7 Å². The molecule has 0 saturated carbocycles. The molecule has 2 aliphatic carbocycles. The van der Waals surface area contributed by atoms with E-state index in [1.165, 1.54) is 173 Å². The summed E-state index contributed by atoms with van der Waals surface area (Å²) >= 11 is 3.90. The van der Waals surface area contributed by atoms with Gasteiger partial charge in [0.1, 0.15) is 0 Å². The highest BCUT2D eigenvalue weighted by molar-refractivity contribution is 7.23. The highest BCUT2D eigenvalue weighted by Gasteiger charge is 2.41. The molecule has 2 aromatic heterocycles. The summed E-state index contributed by atoms with van der Waals surface area (Å²) in [5.74, 6) is 0. The average Bonchev–Trinajstić information content (AvgIpc) is 4.23. The number of benzene rings is 13. The Kier molecular flexibility index (Phi) is 9.67. The van der Waals surface area contributed by atoms with Crippen molar-refractivity contribution in [3.63, 3.8) is 0 Å². The van der Waals surface area contributed by atoms with Crippen LogP contribution in [0.1, 0.15) is 49.9 Å². The minimum Gasteiger partial charge on any atom is -0.135 e. The van der Waals surface area contributed by atoms with Crippen LogP contribution >= 0.6 is 22.7 Å². The molecule has 15 aromatic rings. The Morgan fingerprint density at radius 3 is 1.12 bits per heavy atom. The quantitative estimate of drug-likeness (QED) is 0.151. The van der Waals surface area contributed by atoms with Crippen LogP contribution in [-0.4, -0.2) is 0 Å². The van der Waals surface area contributed by atoms with Crippen LogP contribution in [0.4, 0.5) is 0 Å². The van der Waals surface area contributed by atoms with Crippen molar-refractivity contribution in [2.24, 2.45) is 0 Å². The summed E-state index contributed by atoms with van der Waals surface area (Å²) in [5.41, 5.74) is 20.9. The molecule has 0 aliphatic heterocycles. The van der Waals surface area contributed by atoms with Crippen molar-refractivity contribution in [3.8, 4) is 76.5 Å². The zero-order valence-corrected chi connectivity index (χ0v) is 46.5. The summed E-state index contributed by atoms with van der Waals surface area (Å²) in [5, 5.41) is 15.5. The van der Waals surface area contributed by atoms with Crippen LogP contribution in [0.25, 0.3) is 151 Å². The maximum Gasteiger partial charge on any atom is 0.0399 e. The number of thiophene rings is 2. The molecule has 376 valence electrons. The summed E-state index contributed by atoms with van der Waals surface area (Å²) in [4.78, 5) is 2.82. The van der Waals surface area contributed by atoms with E-state index in [0.717, 1.165) is 0 Å². The number of hydrogen-bond acceptors (Lipinski definition) is 2. The average molecular weight is 1050 g/mol. The number of hydrogen-bond donors (Lipinski definition) is 0. The van der Waals surface area contributed by atoms with Gasteiger partial charge < -0.3 is 0 Å². The molecule has 0 fully saturated rings. The molecule has 0 atom stereocenters. The molecule has 0 saturated heterocycles. The fraction of sp³-hybridized carbons (Fsp3) is 0.0769. The normalized spacial score (nSPS) is 13.9. The summed E-state index contributed by atoms with van der Waals surface area (Å²) in [6, 6.07) is 92.0. The number of rotatable bonds is 5. The third-order valence-electron chi connectivity index (χ3n) is 18.4. The second-order valence-electron chi connectivity index (χ2n) is 23.4. The molecule has 0 nitrogen and oxygen atoms in total. The third kappa shape index (κ3) is 6.43. The van der Waals surface area contributed by atoms with Crippen LogP contribution < -0.4 is 0 Å². The van der Waals surface area contributed by atoms with E-state index in [0.29, 0.717) is 0 Å². The molecular formula is C78H52S2. The van der Waals surface area contributed by atoms with Gasteiger partial charge in [-0.05, 0) is 190 Å². The highest BCUT2D eigenvalue weighted by Crippen LogP contribution is 2.59. The van der Waals surface area contributed by atoms with Crippen LogP contribution in [0.2, 0.25) is 0 Å². The SMILES string of the molecule is CC1(C)c2cc(-c3c4ccccc4c(-c4cccc(-c5ccc6c7c(sc6c5)-c5ccc(-c6c8ccccc8c(-c8ccc9ccccc9c8)c8ccccc68)cc5C7(C)C)c4)c4ccccc34)ccc2-c2sc3ccccc3c21. The molecule has 2 heterocycles. The molecule has 0 N–H and O–H groups in total. The molecule has 0 radical (unpaired) electrons. The van der Waals surface area contributed by atoms with E-state index in [9.17, 15) is 0 Å². The van der Waals surface area contributed by atoms with E-state index in [-0.39, 0.29) is 10.8 Å². The lowest BCUT2D eigenvalue weighted by Gasteiger charge is -2.23. The van der Waals surface area contributed by atoms with Crippen LogP contribution in [0, 0.1) is 0 Å². The minimum absolute atomic E-state index is 0.107. The predicted octanol–water partition coefficient (Wildman–Crippen LogP) is 22.8. The van der Waals surface area contributed by atoms with Gasteiger partial charge in [0.25, 0.3) is 0 Å². The largest absolute Gasteiger partial charge is 0.135 e. The Morgan fingerprint density at radius 1 is 0.250 bits per heavy atom. The lowest BCUT2D eigenvalue weighted by molar-refractivity contribution is 0.667.